The van der Waals surface area contributed by atoms with E-state index in [1.54, 1.807) is 36.3 Å². The molecule has 3 aromatic carbocycles. The predicted molar refractivity (Wildman–Crippen MR) is 131 cm³/mol. The molecule has 172 valence electrons. The van der Waals surface area contributed by atoms with E-state index in [9.17, 15) is 13.2 Å². The molecule has 0 bridgehead atoms. The number of anilines is 2. The number of methoxy groups -OCH3 is 1. The van der Waals surface area contributed by atoms with Gasteiger partial charge in [0, 0.05) is 21.9 Å². The van der Waals surface area contributed by atoms with E-state index in [1.165, 1.54) is 24.3 Å². The van der Waals surface area contributed by atoms with E-state index in [4.69, 9.17) is 9.47 Å². The molecule has 0 spiro atoms. The van der Waals surface area contributed by atoms with Crippen LogP contribution in [0.25, 0.3) is 0 Å². The molecular weight excluding hydrogens is 508 g/mol. The summed E-state index contributed by atoms with van der Waals surface area (Å²) in [4.78, 5) is 14.7. The summed E-state index contributed by atoms with van der Waals surface area (Å²) in [6, 6.07) is 18.4. The predicted octanol–water partition coefficient (Wildman–Crippen LogP) is 4.62. The monoisotopic (exact) mass is 530 g/mol. The van der Waals surface area contributed by atoms with Crippen LogP contribution in [0.3, 0.4) is 0 Å². The lowest BCUT2D eigenvalue weighted by Gasteiger charge is -2.22. The second kappa shape index (κ2) is 9.44. The molecule has 0 unspecified atom stereocenters. The van der Waals surface area contributed by atoms with E-state index in [0.717, 1.165) is 22.1 Å². The molecule has 1 atom stereocenters. The summed E-state index contributed by atoms with van der Waals surface area (Å²) in [7, 11) is -2.22. The summed E-state index contributed by atoms with van der Waals surface area (Å²) in [5.74, 6) is 0.893. The maximum Gasteiger partial charge on any atom is 0.265 e. The van der Waals surface area contributed by atoms with Crippen molar-refractivity contribution < 1.29 is 22.7 Å². The normalized spacial score (nSPS) is 15.1. The first kappa shape index (κ1) is 23.1. The maximum atomic E-state index is 12.8. The summed E-state index contributed by atoms with van der Waals surface area (Å²) in [6.45, 7) is 1.86. The molecule has 0 aromatic heterocycles. The molecule has 7 nitrogen and oxygen atoms in total. The number of carbonyl (C=O) groups is 1. The van der Waals surface area contributed by atoms with Crippen LogP contribution < -0.4 is 19.1 Å². The van der Waals surface area contributed by atoms with Gasteiger partial charge in [-0.25, -0.2) is 8.42 Å². The van der Waals surface area contributed by atoms with Crippen molar-refractivity contribution in [1.82, 2.24) is 0 Å². The van der Waals surface area contributed by atoms with Gasteiger partial charge in [-0.3, -0.25) is 9.52 Å². The second-order valence-corrected chi connectivity index (χ2v) is 10.3. The Morgan fingerprint density at radius 1 is 1.06 bits per heavy atom. The lowest BCUT2D eigenvalue weighted by atomic mass is 10.1. The van der Waals surface area contributed by atoms with E-state index in [2.05, 4.69) is 20.7 Å². The molecule has 0 saturated heterocycles. The Bertz CT molecular complexity index is 1260. The molecule has 33 heavy (non-hydrogen) atoms. The van der Waals surface area contributed by atoms with Crippen LogP contribution >= 0.6 is 15.9 Å². The molecule has 0 fully saturated rings. The van der Waals surface area contributed by atoms with Gasteiger partial charge in [0.05, 0.1) is 12.0 Å². The molecule has 1 N–H and O–H groups in total. The van der Waals surface area contributed by atoms with Gasteiger partial charge in [0.1, 0.15) is 11.5 Å². The average molecular weight is 531 g/mol. The van der Waals surface area contributed by atoms with Crippen LogP contribution in [-0.4, -0.2) is 34.1 Å². The Morgan fingerprint density at radius 3 is 2.39 bits per heavy atom. The highest BCUT2D eigenvalue weighted by molar-refractivity contribution is 9.10. The fourth-order valence-electron chi connectivity index (χ4n) is 3.78. The Kier molecular flexibility index (Phi) is 6.62. The van der Waals surface area contributed by atoms with Crippen molar-refractivity contribution in [2.45, 2.75) is 24.3 Å². The second-order valence-electron chi connectivity index (χ2n) is 7.68. The van der Waals surface area contributed by atoms with E-state index in [0.29, 0.717) is 17.2 Å². The maximum absolute atomic E-state index is 12.8. The number of hydrogen-bond donors (Lipinski definition) is 1. The van der Waals surface area contributed by atoms with Crippen molar-refractivity contribution in [1.29, 1.82) is 0 Å². The first-order valence-corrected chi connectivity index (χ1v) is 12.5. The minimum Gasteiger partial charge on any atom is -0.497 e. The molecular formula is C24H23BrN2O5S. The number of sulfonamides is 1. The number of carbonyl (C=O) groups excluding carboxylic acids is 1. The molecule has 0 saturated carbocycles. The summed E-state index contributed by atoms with van der Waals surface area (Å²) >= 11 is 3.47. The van der Waals surface area contributed by atoms with Gasteiger partial charge in [-0.2, -0.15) is 0 Å². The molecule has 0 aliphatic carbocycles. The molecule has 1 aliphatic heterocycles. The first-order valence-electron chi connectivity index (χ1n) is 10.3. The fourth-order valence-corrected chi connectivity index (χ4v) is 5.25. The lowest BCUT2D eigenvalue weighted by Crippen LogP contribution is -2.39. The van der Waals surface area contributed by atoms with Gasteiger partial charge >= 0.3 is 0 Å². The largest absolute Gasteiger partial charge is 0.497 e. The Morgan fingerprint density at radius 2 is 1.73 bits per heavy atom. The number of rotatable bonds is 7. The van der Waals surface area contributed by atoms with Crippen LogP contribution in [0.1, 0.15) is 12.5 Å². The topological polar surface area (TPSA) is 84.9 Å². The zero-order valence-electron chi connectivity index (χ0n) is 18.1. The fraction of sp³-hybridized carbons (Fsp3) is 0.208. The minimum atomic E-state index is -3.76. The van der Waals surface area contributed by atoms with Gasteiger partial charge in [0.2, 0.25) is 0 Å². The average Bonchev–Trinajstić information content (AvgIpc) is 3.12. The van der Waals surface area contributed by atoms with Crippen LogP contribution in [0.5, 0.6) is 11.5 Å². The molecule has 3 aromatic rings. The quantitative estimate of drug-likeness (QED) is 0.481. The third-order valence-electron chi connectivity index (χ3n) is 5.36. The van der Waals surface area contributed by atoms with Crippen molar-refractivity contribution in [3.05, 3.63) is 76.8 Å². The van der Waals surface area contributed by atoms with Crippen molar-refractivity contribution in [3.8, 4) is 11.5 Å². The summed E-state index contributed by atoms with van der Waals surface area (Å²) < 4.78 is 39.5. The third kappa shape index (κ3) is 5.15. The zero-order chi connectivity index (χ0) is 23.6. The highest BCUT2D eigenvalue weighted by Crippen LogP contribution is 2.34. The van der Waals surface area contributed by atoms with Gasteiger partial charge in [-0.05, 0) is 85.6 Å². The summed E-state index contributed by atoms with van der Waals surface area (Å²) in [5, 5.41) is 0. The summed E-state index contributed by atoms with van der Waals surface area (Å²) in [6.07, 6.45) is 0.786. The number of hydrogen-bond acceptors (Lipinski definition) is 5. The Labute approximate surface area is 201 Å². The molecule has 1 heterocycles. The number of nitrogens with zero attached hydrogens (tertiary/aromatic N) is 1. The van der Waals surface area contributed by atoms with Crippen LogP contribution in [0.2, 0.25) is 0 Å². The van der Waals surface area contributed by atoms with E-state index in [-0.39, 0.29) is 23.5 Å². The van der Waals surface area contributed by atoms with E-state index >= 15 is 0 Å². The Hall–Kier alpha value is -3.04. The van der Waals surface area contributed by atoms with E-state index < -0.39 is 10.0 Å². The SMILES string of the molecule is COc1ccc(NS(=O)(=O)c2ccc(OCC(=O)N3c4ccc(Br)cc4C[C@@H]3C)cc2)cc1. The van der Waals surface area contributed by atoms with Crippen LogP contribution in [0.15, 0.2) is 76.1 Å². The molecule has 1 aliphatic rings. The molecule has 0 radical (unpaired) electrons. The molecule has 4 rings (SSSR count). The number of ether oxygens (including phenoxy) is 2. The first-order chi connectivity index (χ1) is 15.8. The van der Waals surface area contributed by atoms with Crippen molar-refractivity contribution in [3.63, 3.8) is 0 Å². The highest BCUT2D eigenvalue weighted by atomic mass is 79.9. The Balaban J connectivity index is 1.39. The van der Waals surface area contributed by atoms with Gasteiger partial charge in [0.25, 0.3) is 15.9 Å². The lowest BCUT2D eigenvalue weighted by molar-refractivity contribution is -0.120. The van der Waals surface area contributed by atoms with Gasteiger partial charge in [-0.15, -0.1) is 0 Å². The van der Waals surface area contributed by atoms with Crippen molar-refractivity contribution >= 4 is 43.2 Å². The van der Waals surface area contributed by atoms with Gasteiger partial charge in [0.15, 0.2) is 6.61 Å². The zero-order valence-corrected chi connectivity index (χ0v) is 20.5. The molecule has 9 heteroatoms. The van der Waals surface area contributed by atoms with E-state index in [1.807, 2.05) is 25.1 Å². The van der Waals surface area contributed by atoms with Crippen LogP contribution in [0, 0.1) is 0 Å². The number of nitrogens with one attached hydrogen (secondary N) is 1. The number of halogens is 1. The minimum absolute atomic E-state index is 0.0435. The van der Waals surface area contributed by atoms with Crippen molar-refractivity contribution in [2.24, 2.45) is 0 Å². The number of fused-ring (bicyclic) bond motifs is 1. The summed E-state index contributed by atoms with van der Waals surface area (Å²) in [5.41, 5.74) is 2.43. The van der Waals surface area contributed by atoms with Crippen LogP contribution in [-0.2, 0) is 21.2 Å². The standard InChI is InChI=1S/C24H23BrN2O5S/c1-16-13-17-14-18(25)3-12-23(17)27(16)24(28)15-32-21-8-10-22(11-9-21)33(29,30)26-19-4-6-20(31-2)7-5-19/h3-12,14,16,26H,13,15H2,1-2H3/t16-/m0/s1. The number of benzene rings is 3. The number of amides is 1. The highest BCUT2D eigenvalue weighted by Gasteiger charge is 2.31. The molecule has 1 amide bonds. The van der Waals surface area contributed by atoms with Crippen LogP contribution in [0.4, 0.5) is 11.4 Å². The van der Waals surface area contributed by atoms with Gasteiger partial charge < -0.3 is 14.4 Å². The third-order valence-corrected chi connectivity index (χ3v) is 7.25. The smallest absolute Gasteiger partial charge is 0.265 e. The van der Waals surface area contributed by atoms with Crippen molar-refractivity contribution in [2.75, 3.05) is 23.3 Å². The van der Waals surface area contributed by atoms with Gasteiger partial charge in [-0.1, -0.05) is 15.9 Å².